The van der Waals surface area contributed by atoms with Crippen LogP contribution in [0.5, 0.6) is 0 Å². The van der Waals surface area contributed by atoms with Gasteiger partial charge in [-0.2, -0.15) is 0 Å². The predicted octanol–water partition coefficient (Wildman–Crippen LogP) is 3.49. The van der Waals surface area contributed by atoms with E-state index in [1.165, 1.54) is 12.1 Å². The number of benzene rings is 2. The van der Waals surface area contributed by atoms with Crippen molar-refractivity contribution in [3.63, 3.8) is 0 Å². The monoisotopic (exact) mass is 277 g/mol. The molecule has 4 heteroatoms. The average Bonchev–Trinajstić information content (AvgIpc) is 2.45. The zero-order valence-corrected chi connectivity index (χ0v) is 11.0. The van der Waals surface area contributed by atoms with Crippen LogP contribution in [0.1, 0.15) is 21.5 Å². The number of amides is 1. The third-order valence-corrected chi connectivity index (χ3v) is 3.02. The van der Waals surface area contributed by atoms with Crippen molar-refractivity contribution >= 4 is 17.5 Å². The first-order valence-corrected chi connectivity index (χ1v) is 6.40. The Balaban J connectivity index is 1.97. The van der Waals surface area contributed by atoms with Crippen LogP contribution in [0.2, 0.25) is 0 Å². The van der Waals surface area contributed by atoms with Gasteiger partial charge in [0.05, 0.1) is 0 Å². The first-order chi connectivity index (χ1) is 9.19. The average molecular weight is 278 g/mol. The van der Waals surface area contributed by atoms with E-state index in [2.05, 4.69) is 5.32 Å². The molecule has 0 unspecified atom stereocenters. The molecule has 98 valence electrons. The minimum atomic E-state index is -0.307. The molecule has 2 nitrogen and oxygen atoms in total. The number of alkyl halides is 1. The van der Waals surface area contributed by atoms with Crippen molar-refractivity contribution in [2.24, 2.45) is 0 Å². The lowest BCUT2D eigenvalue weighted by Gasteiger charge is -2.06. The van der Waals surface area contributed by atoms with Crippen LogP contribution in [0, 0.1) is 5.82 Å². The van der Waals surface area contributed by atoms with E-state index in [-0.39, 0.29) is 11.7 Å². The highest BCUT2D eigenvalue weighted by Crippen LogP contribution is 2.08. The zero-order chi connectivity index (χ0) is 13.7. The minimum Gasteiger partial charge on any atom is -0.348 e. The summed E-state index contributed by atoms with van der Waals surface area (Å²) in [5, 5.41) is 2.74. The van der Waals surface area contributed by atoms with Crippen molar-refractivity contribution in [1.82, 2.24) is 5.32 Å². The normalized spacial score (nSPS) is 10.2. The van der Waals surface area contributed by atoms with E-state index in [0.717, 1.165) is 11.1 Å². The summed E-state index contributed by atoms with van der Waals surface area (Å²) in [6, 6.07) is 13.2. The summed E-state index contributed by atoms with van der Waals surface area (Å²) in [5.41, 5.74) is 2.25. The number of halogens is 2. The zero-order valence-electron chi connectivity index (χ0n) is 10.2. The molecule has 0 saturated carbocycles. The fraction of sp³-hybridized carbons (Fsp3) is 0.133. The number of hydrogen-bond acceptors (Lipinski definition) is 1. The number of rotatable bonds is 4. The first kappa shape index (κ1) is 13.6. The Morgan fingerprint density at radius 1 is 1.11 bits per heavy atom. The molecule has 2 aromatic rings. The van der Waals surface area contributed by atoms with Gasteiger partial charge in [-0.1, -0.05) is 24.3 Å². The second-order valence-corrected chi connectivity index (χ2v) is 4.41. The van der Waals surface area contributed by atoms with Crippen molar-refractivity contribution < 1.29 is 9.18 Å². The van der Waals surface area contributed by atoms with Crippen LogP contribution in [-0.4, -0.2) is 5.91 Å². The molecule has 0 fully saturated rings. The fourth-order valence-corrected chi connectivity index (χ4v) is 1.85. The summed E-state index contributed by atoms with van der Waals surface area (Å²) in [4.78, 5) is 11.9. The quantitative estimate of drug-likeness (QED) is 0.852. The number of carbonyl (C=O) groups excluding carboxylic acids is 1. The van der Waals surface area contributed by atoms with Gasteiger partial charge in [0.1, 0.15) is 5.82 Å². The lowest BCUT2D eigenvalue weighted by Crippen LogP contribution is -2.22. The first-order valence-electron chi connectivity index (χ1n) is 5.86. The van der Waals surface area contributed by atoms with Gasteiger partial charge in [-0.05, 0) is 35.4 Å². The van der Waals surface area contributed by atoms with E-state index in [1.54, 1.807) is 24.3 Å². The second-order valence-electron chi connectivity index (χ2n) is 4.14. The van der Waals surface area contributed by atoms with Crippen LogP contribution in [-0.2, 0) is 12.4 Å². The lowest BCUT2D eigenvalue weighted by molar-refractivity contribution is 0.0951. The van der Waals surface area contributed by atoms with Crippen LogP contribution >= 0.6 is 11.6 Å². The van der Waals surface area contributed by atoms with E-state index in [9.17, 15) is 9.18 Å². The lowest BCUT2D eigenvalue weighted by atomic mass is 10.1. The molecule has 2 rings (SSSR count). The van der Waals surface area contributed by atoms with Gasteiger partial charge in [0, 0.05) is 18.0 Å². The highest BCUT2D eigenvalue weighted by atomic mass is 35.5. The summed E-state index contributed by atoms with van der Waals surface area (Å²) < 4.78 is 13.0. The van der Waals surface area contributed by atoms with Crippen LogP contribution in [0.3, 0.4) is 0 Å². The SMILES string of the molecule is O=C(NCc1cccc(F)c1)c1ccc(CCl)cc1. The van der Waals surface area contributed by atoms with Crippen molar-refractivity contribution in [2.45, 2.75) is 12.4 Å². The Hall–Kier alpha value is -1.87. The number of carbonyl (C=O) groups is 1. The van der Waals surface area contributed by atoms with Crippen molar-refractivity contribution in [3.05, 3.63) is 71.0 Å². The van der Waals surface area contributed by atoms with Crippen LogP contribution < -0.4 is 5.32 Å². The molecule has 0 aliphatic carbocycles. The maximum atomic E-state index is 13.0. The molecule has 1 N–H and O–H groups in total. The maximum absolute atomic E-state index is 13.0. The Bertz CT molecular complexity index is 569. The largest absolute Gasteiger partial charge is 0.348 e. The molecule has 0 heterocycles. The van der Waals surface area contributed by atoms with E-state index in [4.69, 9.17) is 11.6 Å². The summed E-state index contributed by atoms with van der Waals surface area (Å²) >= 11 is 5.68. The van der Waals surface area contributed by atoms with Crippen LogP contribution in [0.4, 0.5) is 4.39 Å². The molecule has 0 bridgehead atoms. The molecule has 0 aliphatic rings. The Morgan fingerprint density at radius 2 is 1.84 bits per heavy atom. The van der Waals surface area contributed by atoms with Gasteiger partial charge in [0.15, 0.2) is 0 Å². The molecule has 2 aromatic carbocycles. The van der Waals surface area contributed by atoms with E-state index in [0.29, 0.717) is 18.0 Å². The fourth-order valence-electron chi connectivity index (χ4n) is 1.68. The summed E-state index contributed by atoms with van der Waals surface area (Å²) in [6.45, 7) is 0.299. The van der Waals surface area contributed by atoms with Crippen LogP contribution in [0.15, 0.2) is 48.5 Å². The van der Waals surface area contributed by atoms with Gasteiger partial charge < -0.3 is 5.32 Å². The van der Waals surface area contributed by atoms with Crippen molar-refractivity contribution in [3.8, 4) is 0 Å². The molecular weight excluding hydrogens is 265 g/mol. The van der Waals surface area contributed by atoms with E-state index in [1.807, 2.05) is 12.1 Å². The highest BCUT2D eigenvalue weighted by molar-refractivity contribution is 6.17. The van der Waals surface area contributed by atoms with Gasteiger partial charge in [0.25, 0.3) is 5.91 Å². The summed E-state index contributed by atoms with van der Waals surface area (Å²) in [5.74, 6) is -0.0749. The van der Waals surface area contributed by atoms with Gasteiger partial charge >= 0.3 is 0 Å². The van der Waals surface area contributed by atoms with Crippen molar-refractivity contribution in [2.75, 3.05) is 0 Å². The predicted molar refractivity (Wildman–Crippen MR) is 73.6 cm³/mol. The third kappa shape index (κ3) is 3.80. The van der Waals surface area contributed by atoms with Crippen molar-refractivity contribution in [1.29, 1.82) is 0 Å². The van der Waals surface area contributed by atoms with E-state index >= 15 is 0 Å². The Morgan fingerprint density at radius 3 is 2.47 bits per heavy atom. The standard InChI is InChI=1S/C15H13ClFNO/c16-9-11-4-6-13(7-5-11)15(19)18-10-12-2-1-3-14(17)8-12/h1-8H,9-10H2,(H,18,19). The topological polar surface area (TPSA) is 29.1 Å². The smallest absolute Gasteiger partial charge is 0.251 e. The molecule has 0 saturated heterocycles. The van der Waals surface area contributed by atoms with Crippen LogP contribution in [0.25, 0.3) is 0 Å². The van der Waals surface area contributed by atoms with Gasteiger partial charge in [-0.3, -0.25) is 4.79 Å². The molecule has 0 aliphatic heterocycles. The van der Waals surface area contributed by atoms with Gasteiger partial charge in [-0.25, -0.2) is 4.39 Å². The molecule has 0 spiro atoms. The maximum Gasteiger partial charge on any atom is 0.251 e. The summed E-state index contributed by atoms with van der Waals surface area (Å²) in [7, 11) is 0. The molecule has 0 aromatic heterocycles. The molecule has 0 radical (unpaired) electrons. The van der Waals surface area contributed by atoms with Gasteiger partial charge in [-0.15, -0.1) is 11.6 Å². The molecule has 19 heavy (non-hydrogen) atoms. The Kier molecular flexibility index (Phi) is 4.53. The Labute approximate surface area is 116 Å². The summed E-state index contributed by atoms with van der Waals surface area (Å²) in [6.07, 6.45) is 0. The minimum absolute atomic E-state index is 0.189. The number of nitrogens with one attached hydrogen (secondary N) is 1. The third-order valence-electron chi connectivity index (χ3n) is 2.71. The highest BCUT2D eigenvalue weighted by Gasteiger charge is 2.05. The van der Waals surface area contributed by atoms with E-state index < -0.39 is 0 Å². The van der Waals surface area contributed by atoms with Gasteiger partial charge in [0.2, 0.25) is 0 Å². The molecule has 0 atom stereocenters. The molecular formula is C15H13ClFNO. The second kappa shape index (κ2) is 6.34. The number of hydrogen-bond donors (Lipinski definition) is 1. The molecule has 1 amide bonds.